The Morgan fingerprint density at radius 1 is 1.33 bits per heavy atom. The van der Waals surface area contributed by atoms with Crippen LogP contribution in [0.2, 0.25) is 0 Å². The molecule has 12 heavy (non-hydrogen) atoms. The zero-order chi connectivity index (χ0) is 9.03. The summed E-state index contributed by atoms with van der Waals surface area (Å²) in [6.07, 6.45) is 7.71. The Morgan fingerprint density at radius 2 is 1.92 bits per heavy atom. The van der Waals surface area contributed by atoms with Gasteiger partial charge in [-0.3, -0.25) is 0 Å². The molecule has 2 heteroatoms. The molecule has 0 nitrogen and oxygen atoms in total. The van der Waals surface area contributed by atoms with Crippen molar-refractivity contribution in [3.8, 4) is 0 Å². The molecule has 0 spiro atoms. The molecule has 0 aromatic rings. The van der Waals surface area contributed by atoms with Gasteiger partial charge < -0.3 is 0 Å². The third kappa shape index (κ3) is 2.77. The van der Waals surface area contributed by atoms with Gasteiger partial charge in [-0.1, -0.05) is 53.4 Å². The molecule has 0 unspecified atom stereocenters. The molecule has 1 aliphatic rings. The largest absolute Gasteiger partial charge is 0.0922 e. The lowest BCUT2D eigenvalue weighted by atomic mass is 9.73. The van der Waals surface area contributed by atoms with Crippen molar-refractivity contribution < 1.29 is 0 Å². The fraction of sp³-hybridized carbons (Fsp3) is 0.800. The number of halogens is 2. The van der Waals surface area contributed by atoms with Crippen LogP contribution >= 0.6 is 27.5 Å². The second-order valence-corrected chi connectivity index (χ2v) is 4.98. The zero-order valence-electron chi connectivity index (χ0n) is 7.41. The molecule has 0 amide bonds. The van der Waals surface area contributed by atoms with Crippen LogP contribution in [0.25, 0.3) is 0 Å². The van der Waals surface area contributed by atoms with Crippen molar-refractivity contribution in [1.29, 1.82) is 0 Å². The fourth-order valence-electron chi connectivity index (χ4n) is 2.07. The van der Waals surface area contributed by atoms with Gasteiger partial charge in [-0.2, -0.15) is 0 Å². The van der Waals surface area contributed by atoms with E-state index in [1.165, 1.54) is 32.1 Å². The van der Waals surface area contributed by atoms with Crippen LogP contribution in [0, 0.1) is 5.41 Å². The van der Waals surface area contributed by atoms with Gasteiger partial charge in [0.25, 0.3) is 0 Å². The summed E-state index contributed by atoms with van der Waals surface area (Å²) in [5, 5.41) is 1.89. The van der Waals surface area contributed by atoms with E-state index in [2.05, 4.69) is 22.5 Å². The molecule has 0 heterocycles. The summed E-state index contributed by atoms with van der Waals surface area (Å²) in [5.74, 6) is 0. The van der Waals surface area contributed by atoms with Gasteiger partial charge in [0.05, 0.1) is 0 Å². The highest BCUT2D eigenvalue weighted by molar-refractivity contribution is 9.09. The third-order valence-corrected chi connectivity index (χ3v) is 4.09. The first-order valence-electron chi connectivity index (χ1n) is 4.58. The molecule has 1 rings (SSSR count). The van der Waals surface area contributed by atoms with Gasteiger partial charge in [0.15, 0.2) is 0 Å². The van der Waals surface area contributed by atoms with E-state index in [1.807, 2.05) is 0 Å². The Bertz CT molecular complexity index is 159. The van der Waals surface area contributed by atoms with Gasteiger partial charge in [0.1, 0.15) is 0 Å². The van der Waals surface area contributed by atoms with Crippen LogP contribution in [0.1, 0.15) is 38.5 Å². The molecule has 1 saturated carbocycles. The molecule has 0 bridgehead atoms. The van der Waals surface area contributed by atoms with E-state index in [0.29, 0.717) is 5.41 Å². The van der Waals surface area contributed by atoms with Crippen LogP contribution in [-0.4, -0.2) is 5.33 Å². The van der Waals surface area contributed by atoms with Gasteiger partial charge in [0.2, 0.25) is 0 Å². The third-order valence-electron chi connectivity index (χ3n) is 2.76. The average molecular weight is 252 g/mol. The number of rotatable bonds is 3. The number of hydrogen-bond donors (Lipinski definition) is 0. The van der Waals surface area contributed by atoms with E-state index >= 15 is 0 Å². The standard InChI is InChI=1S/C10H16BrCl/c1-9(12)7-10(8-11)5-3-2-4-6-10/h1-8H2. The minimum Gasteiger partial charge on any atom is -0.0922 e. The first-order valence-corrected chi connectivity index (χ1v) is 6.08. The smallest absolute Gasteiger partial charge is 0.0115 e. The average Bonchev–Trinajstić information content (AvgIpc) is 2.05. The molecule has 0 saturated heterocycles. The first-order chi connectivity index (χ1) is 5.68. The van der Waals surface area contributed by atoms with Crippen molar-refractivity contribution in [2.45, 2.75) is 38.5 Å². The van der Waals surface area contributed by atoms with Gasteiger partial charge in [-0.25, -0.2) is 0 Å². The lowest BCUT2D eigenvalue weighted by Gasteiger charge is -2.35. The maximum Gasteiger partial charge on any atom is 0.0115 e. The van der Waals surface area contributed by atoms with Crippen LogP contribution in [0.5, 0.6) is 0 Å². The Morgan fingerprint density at radius 3 is 2.33 bits per heavy atom. The van der Waals surface area contributed by atoms with Gasteiger partial charge in [-0.05, 0) is 24.7 Å². The second-order valence-electron chi connectivity index (χ2n) is 3.89. The van der Waals surface area contributed by atoms with Crippen LogP contribution < -0.4 is 0 Å². The molecular weight excluding hydrogens is 235 g/mol. The molecule has 0 atom stereocenters. The monoisotopic (exact) mass is 250 g/mol. The summed E-state index contributed by atoms with van der Waals surface area (Å²) in [4.78, 5) is 0. The van der Waals surface area contributed by atoms with Crippen molar-refractivity contribution in [3.05, 3.63) is 11.6 Å². The van der Waals surface area contributed by atoms with Crippen LogP contribution in [-0.2, 0) is 0 Å². The Labute approximate surface area is 88.5 Å². The minimum absolute atomic E-state index is 0.428. The summed E-state index contributed by atoms with van der Waals surface area (Å²) in [6, 6.07) is 0. The Kier molecular flexibility index (Phi) is 4.12. The topological polar surface area (TPSA) is 0 Å². The zero-order valence-corrected chi connectivity index (χ0v) is 9.75. The second kappa shape index (κ2) is 4.66. The summed E-state index contributed by atoms with van der Waals surface area (Å²) in [6.45, 7) is 3.79. The maximum atomic E-state index is 5.86. The van der Waals surface area contributed by atoms with E-state index in [9.17, 15) is 0 Å². The summed E-state index contributed by atoms with van der Waals surface area (Å²) in [5.41, 5.74) is 0.428. The van der Waals surface area contributed by atoms with E-state index in [4.69, 9.17) is 11.6 Å². The number of alkyl halides is 1. The molecule has 0 aromatic carbocycles. The number of hydrogen-bond acceptors (Lipinski definition) is 0. The fourth-order valence-corrected chi connectivity index (χ4v) is 3.11. The van der Waals surface area contributed by atoms with Gasteiger partial charge >= 0.3 is 0 Å². The highest BCUT2D eigenvalue weighted by atomic mass is 79.9. The quantitative estimate of drug-likeness (QED) is 0.649. The minimum atomic E-state index is 0.428. The van der Waals surface area contributed by atoms with Crippen molar-refractivity contribution >= 4 is 27.5 Å². The summed E-state index contributed by atoms with van der Waals surface area (Å²) >= 11 is 9.46. The van der Waals surface area contributed by atoms with E-state index in [1.54, 1.807) is 0 Å². The Hall–Kier alpha value is 0.510. The highest BCUT2D eigenvalue weighted by Crippen LogP contribution is 2.42. The maximum absolute atomic E-state index is 5.86. The van der Waals surface area contributed by atoms with E-state index < -0.39 is 0 Å². The molecule has 0 radical (unpaired) electrons. The van der Waals surface area contributed by atoms with Crippen LogP contribution in [0.15, 0.2) is 11.6 Å². The molecule has 1 fully saturated rings. The van der Waals surface area contributed by atoms with E-state index in [-0.39, 0.29) is 0 Å². The number of allylic oxidation sites excluding steroid dienone is 1. The predicted octanol–water partition coefficient (Wildman–Crippen LogP) is 4.47. The predicted molar refractivity (Wildman–Crippen MR) is 58.9 cm³/mol. The highest BCUT2D eigenvalue weighted by Gasteiger charge is 2.30. The normalized spacial score (nSPS) is 22.2. The van der Waals surface area contributed by atoms with E-state index in [0.717, 1.165) is 16.8 Å². The summed E-state index contributed by atoms with van der Waals surface area (Å²) in [7, 11) is 0. The molecule has 70 valence electrons. The van der Waals surface area contributed by atoms with Gasteiger partial charge in [-0.15, -0.1) is 0 Å². The SMILES string of the molecule is C=C(Cl)CC1(CBr)CCCCC1. The molecule has 0 N–H and O–H groups in total. The molecule has 0 aromatic heterocycles. The van der Waals surface area contributed by atoms with Crippen LogP contribution in [0.3, 0.4) is 0 Å². The lowest BCUT2D eigenvalue weighted by Crippen LogP contribution is -2.25. The lowest BCUT2D eigenvalue weighted by molar-refractivity contribution is 0.226. The van der Waals surface area contributed by atoms with Crippen molar-refractivity contribution in [2.24, 2.45) is 5.41 Å². The molecular formula is C10H16BrCl. The van der Waals surface area contributed by atoms with Gasteiger partial charge in [0, 0.05) is 10.4 Å². The van der Waals surface area contributed by atoms with Crippen molar-refractivity contribution in [3.63, 3.8) is 0 Å². The summed E-state index contributed by atoms with van der Waals surface area (Å²) < 4.78 is 0. The van der Waals surface area contributed by atoms with Crippen LogP contribution in [0.4, 0.5) is 0 Å². The Balaban J connectivity index is 2.53. The van der Waals surface area contributed by atoms with Crippen molar-refractivity contribution in [1.82, 2.24) is 0 Å². The first kappa shape index (κ1) is 10.6. The van der Waals surface area contributed by atoms with Crippen molar-refractivity contribution in [2.75, 3.05) is 5.33 Å². The molecule has 1 aliphatic carbocycles. The molecule has 0 aliphatic heterocycles.